The summed E-state index contributed by atoms with van der Waals surface area (Å²) in [6.45, 7) is 8.19. The standard InChI is InChI=1S/C16H22O2/c1-5-9-13(2)16(3,4)15(17)18-12-14-10-7-6-8-11-14/h6-11H,5,12H2,1-4H3/b13-9+. The molecule has 0 radical (unpaired) electrons. The van der Waals surface area contributed by atoms with Gasteiger partial charge in [0.25, 0.3) is 0 Å². The molecule has 1 aromatic carbocycles. The largest absolute Gasteiger partial charge is 0.460 e. The van der Waals surface area contributed by atoms with Gasteiger partial charge in [0.2, 0.25) is 0 Å². The second-order valence-electron chi connectivity index (χ2n) is 4.98. The van der Waals surface area contributed by atoms with E-state index in [0.717, 1.165) is 17.6 Å². The van der Waals surface area contributed by atoms with Crippen molar-refractivity contribution < 1.29 is 9.53 Å². The molecule has 0 saturated heterocycles. The van der Waals surface area contributed by atoms with Gasteiger partial charge >= 0.3 is 5.97 Å². The lowest BCUT2D eigenvalue weighted by atomic mass is 9.84. The van der Waals surface area contributed by atoms with Gasteiger partial charge in [-0.3, -0.25) is 4.79 Å². The zero-order chi connectivity index (χ0) is 13.6. The van der Waals surface area contributed by atoms with Crippen LogP contribution in [-0.2, 0) is 16.1 Å². The second kappa shape index (κ2) is 6.39. The van der Waals surface area contributed by atoms with Crippen LogP contribution in [0.4, 0.5) is 0 Å². The maximum Gasteiger partial charge on any atom is 0.315 e. The summed E-state index contributed by atoms with van der Waals surface area (Å²) in [7, 11) is 0. The Morgan fingerprint density at radius 2 is 1.89 bits per heavy atom. The number of esters is 1. The molecule has 18 heavy (non-hydrogen) atoms. The van der Waals surface area contributed by atoms with E-state index in [4.69, 9.17) is 4.74 Å². The second-order valence-corrected chi connectivity index (χ2v) is 4.98. The van der Waals surface area contributed by atoms with E-state index in [1.165, 1.54) is 0 Å². The normalized spacial score (nSPS) is 12.3. The fourth-order valence-electron chi connectivity index (χ4n) is 1.63. The lowest BCUT2D eigenvalue weighted by Gasteiger charge is -2.23. The third-order valence-corrected chi connectivity index (χ3v) is 3.22. The summed E-state index contributed by atoms with van der Waals surface area (Å²) in [5.41, 5.74) is 1.52. The van der Waals surface area contributed by atoms with Crippen molar-refractivity contribution in [1.82, 2.24) is 0 Å². The number of ether oxygens (including phenoxy) is 1. The predicted octanol–water partition coefficient (Wildman–Crippen LogP) is 4.11. The molecule has 0 fully saturated rings. The first-order valence-corrected chi connectivity index (χ1v) is 6.37. The summed E-state index contributed by atoms with van der Waals surface area (Å²) in [5, 5.41) is 0. The molecule has 0 bridgehead atoms. The van der Waals surface area contributed by atoms with E-state index in [2.05, 4.69) is 13.0 Å². The minimum absolute atomic E-state index is 0.173. The van der Waals surface area contributed by atoms with E-state index < -0.39 is 5.41 Å². The topological polar surface area (TPSA) is 26.3 Å². The molecule has 2 heteroatoms. The highest BCUT2D eigenvalue weighted by Crippen LogP contribution is 2.28. The maximum atomic E-state index is 12.1. The van der Waals surface area contributed by atoms with Gasteiger partial charge < -0.3 is 4.74 Å². The third-order valence-electron chi connectivity index (χ3n) is 3.22. The van der Waals surface area contributed by atoms with Crippen LogP contribution in [-0.4, -0.2) is 5.97 Å². The van der Waals surface area contributed by atoms with Crippen LogP contribution in [0.25, 0.3) is 0 Å². The number of allylic oxidation sites excluding steroid dienone is 1. The fourth-order valence-corrected chi connectivity index (χ4v) is 1.63. The molecule has 0 amide bonds. The first-order chi connectivity index (χ1) is 8.48. The molecule has 0 spiro atoms. The van der Waals surface area contributed by atoms with Gasteiger partial charge in [0.15, 0.2) is 0 Å². The van der Waals surface area contributed by atoms with E-state index in [1.54, 1.807) is 0 Å². The Hall–Kier alpha value is -1.57. The van der Waals surface area contributed by atoms with Gasteiger partial charge in [0, 0.05) is 0 Å². The molecule has 0 aromatic heterocycles. The average Bonchev–Trinajstić information content (AvgIpc) is 2.37. The average molecular weight is 246 g/mol. The SMILES string of the molecule is CC/C=C(\C)C(C)(C)C(=O)OCc1ccccc1. The van der Waals surface area contributed by atoms with Crippen LogP contribution in [0.15, 0.2) is 42.0 Å². The van der Waals surface area contributed by atoms with Crippen LogP contribution in [0, 0.1) is 5.41 Å². The van der Waals surface area contributed by atoms with Crippen LogP contribution in [0.1, 0.15) is 39.7 Å². The zero-order valence-electron chi connectivity index (χ0n) is 11.7. The molecule has 0 saturated carbocycles. The molecule has 0 N–H and O–H groups in total. The Labute approximate surface area is 110 Å². The molecule has 1 rings (SSSR count). The molecular formula is C16H22O2. The number of carbonyl (C=O) groups is 1. The van der Waals surface area contributed by atoms with Gasteiger partial charge in [-0.15, -0.1) is 0 Å². The summed E-state index contributed by atoms with van der Waals surface area (Å²) in [6, 6.07) is 9.74. The summed E-state index contributed by atoms with van der Waals surface area (Å²) < 4.78 is 5.38. The van der Waals surface area contributed by atoms with Crippen molar-refractivity contribution in [3.05, 3.63) is 47.5 Å². The first kappa shape index (κ1) is 14.5. The molecule has 0 unspecified atom stereocenters. The van der Waals surface area contributed by atoms with Crippen LogP contribution in [0.3, 0.4) is 0 Å². The van der Waals surface area contributed by atoms with E-state index in [0.29, 0.717) is 6.61 Å². The predicted molar refractivity (Wildman–Crippen MR) is 74.1 cm³/mol. The van der Waals surface area contributed by atoms with Crippen molar-refractivity contribution in [2.24, 2.45) is 5.41 Å². The molecule has 0 aliphatic heterocycles. The van der Waals surface area contributed by atoms with Crippen molar-refractivity contribution >= 4 is 5.97 Å². The lowest BCUT2D eigenvalue weighted by molar-refractivity contribution is -0.153. The molecule has 0 heterocycles. The van der Waals surface area contributed by atoms with Gasteiger partial charge in [0.05, 0.1) is 5.41 Å². The summed E-state index contributed by atoms with van der Waals surface area (Å²) in [5.74, 6) is -0.173. The fraction of sp³-hybridized carbons (Fsp3) is 0.438. The van der Waals surface area contributed by atoms with Crippen molar-refractivity contribution in [1.29, 1.82) is 0 Å². The molecule has 2 nitrogen and oxygen atoms in total. The number of hydrogen-bond acceptors (Lipinski definition) is 2. The monoisotopic (exact) mass is 246 g/mol. The van der Waals surface area contributed by atoms with Gasteiger partial charge in [-0.1, -0.05) is 48.9 Å². The quantitative estimate of drug-likeness (QED) is 0.577. The Morgan fingerprint density at radius 3 is 2.44 bits per heavy atom. The van der Waals surface area contributed by atoms with Gasteiger partial charge in [-0.25, -0.2) is 0 Å². The van der Waals surface area contributed by atoms with Crippen LogP contribution in [0.2, 0.25) is 0 Å². The van der Waals surface area contributed by atoms with E-state index in [1.807, 2.05) is 51.1 Å². The van der Waals surface area contributed by atoms with Gasteiger partial charge in [0.1, 0.15) is 6.61 Å². The minimum atomic E-state index is -0.551. The number of carbonyl (C=O) groups excluding carboxylic acids is 1. The summed E-state index contributed by atoms with van der Waals surface area (Å²) in [4.78, 5) is 12.1. The van der Waals surface area contributed by atoms with Crippen molar-refractivity contribution in [3.8, 4) is 0 Å². The van der Waals surface area contributed by atoms with Gasteiger partial charge in [-0.05, 0) is 32.8 Å². The highest BCUT2D eigenvalue weighted by atomic mass is 16.5. The number of benzene rings is 1. The third kappa shape index (κ3) is 3.73. The Morgan fingerprint density at radius 1 is 1.28 bits per heavy atom. The molecular weight excluding hydrogens is 224 g/mol. The van der Waals surface area contributed by atoms with E-state index in [9.17, 15) is 4.79 Å². The number of hydrogen-bond donors (Lipinski definition) is 0. The smallest absolute Gasteiger partial charge is 0.315 e. The summed E-state index contributed by atoms with van der Waals surface area (Å²) in [6.07, 6.45) is 3.00. The van der Waals surface area contributed by atoms with Crippen LogP contribution >= 0.6 is 0 Å². The Kier molecular flexibility index (Phi) is 5.14. The van der Waals surface area contributed by atoms with Crippen molar-refractivity contribution in [2.75, 3.05) is 0 Å². The van der Waals surface area contributed by atoms with E-state index in [-0.39, 0.29) is 5.97 Å². The maximum absolute atomic E-state index is 12.1. The van der Waals surface area contributed by atoms with Gasteiger partial charge in [-0.2, -0.15) is 0 Å². The Bertz CT molecular complexity index is 416. The lowest BCUT2D eigenvalue weighted by Crippen LogP contribution is -2.27. The molecule has 0 aliphatic rings. The first-order valence-electron chi connectivity index (χ1n) is 6.37. The molecule has 98 valence electrons. The molecule has 0 aliphatic carbocycles. The minimum Gasteiger partial charge on any atom is -0.460 e. The van der Waals surface area contributed by atoms with Crippen LogP contribution < -0.4 is 0 Å². The molecule has 1 aromatic rings. The van der Waals surface area contributed by atoms with Crippen LogP contribution in [0.5, 0.6) is 0 Å². The zero-order valence-corrected chi connectivity index (χ0v) is 11.7. The van der Waals surface area contributed by atoms with Crippen molar-refractivity contribution in [2.45, 2.75) is 40.7 Å². The molecule has 0 atom stereocenters. The highest BCUT2D eigenvalue weighted by Gasteiger charge is 2.30. The summed E-state index contributed by atoms with van der Waals surface area (Å²) >= 11 is 0. The van der Waals surface area contributed by atoms with E-state index >= 15 is 0 Å². The highest BCUT2D eigenvalue weighted by molar-refractivity contribution is 5.79. The van der Waals surface area contributed by atoms with Crippen molar-refractivity contribution in [3.63, 3.8) is 0 Å². The number of rotatable bonds is 5. The Balaban J connectivity index is 2.63.